The van der Waals surface area contributed by atoms with Gasteiger partial charge in [-0.15, -0.1) is 0 Å². The Labute approximate surface area is 154 Å². The van der Waals surface area contributed by atoms with E-state index in [1.807, 2.05) is 48.5 Å². The van der Waals surface area contributed by atoms with Gasteiger partial charge in [0, 0.05) is 6.54 Å². The van der Waals surface area contributed by atoms with Crippen LogP contribution in [0.15, 0.2) is 48.5 Å². The minimum Gasteiger partial charge on any atom is -0.497 e. The van der Waals surface area contributed by atoms with Gasteiger partial charge in [-0.1, -0.05) is 12.1 Å². The van der Waals surface area contributed by atoms with E-state index >= 15 is 0 Å². The van der Waals surface area contributed by atoms with Crippen LogP contribution in [0.5, 0.6) is 11.5 Å². The minimum atomic E-state index is -0.974. The van der Waals surface area contributed by atoms with Crippen LogP contribution < -0.4 is 9.47 Å². The molecular formula is C21H26N2O3. The van der Waals surface area contributed by atoms with Crippen LogP contribution in [0.1, 0.15) is 32.5 Å². The molecule has 0 aliphatic rings. The molecule has 3 rings (SSSR count). The van der Waals surface area contributed by atoms with Crippen molar-refractivity contribution in [1.29, 1.82) is 0 Å². The third-order valence-electron chi connectivity index (χ3n) is 4.31. The summed E-state index contributed by atoms with van der Waals surface area (Å²) in [6, 6.07) is 15.6. The first-order chi connectivity index (χ1) is 12.5. The first kappa shape index (κ1) is 18.3. The number of para-hydroxylation sites is 2. The molecule has 0 unspecified atom stereocenters. The predicted molar refractivity (Wildman–Crippen MR) is 103 cm³/mol. The highest BCUT2D eigenvalue weighted by molar-refractivity contribution is 5.76. The average Bonchev–Trinajstić information content (AvgIpc) is 3.01. The quantitative estimate of drug-likeness (QED) is 0.618. The van der Waals surface area contributed by atoms with Crippen molar-refractivity contribution in [1.82, 2.24) is 9.55 Å². The molecule has 1 N–H and O–H groups in total. The van der Waals surface area contributed by atoms with E-state index in [4.69, 9.17) is 9.47 Å². The zero-order valence-corrected chi connectivity index (χ0v) is 15.6. The molecule has 0 atom stereocenters. The van der Waals surface area contributed by atoms with Gasteiger partial charge in [-0.3, -0.25) is 0 Å². The second kappa shape index (κ2) is 7.79. The summed E-state index contributed by atoms with van der Waals surface area (Å²) in [7, 11) is 1.65. The Bertz CT molecular complexity index is 848. The zero-order valence-electron chi connectivity index (χ0n) is 15.6. The first-order valence-corrected chi connectivity index (χ1v) is 8.94. The fraction of sp³-hybridized carbons (Fsp3) is 0.381. The third kappa shape index (κ3) is 4.17. The highest BCUT2D eigenvalue weighted by Gasteiger charge is 2.24. The molecule has 0 spiro atoms. The molecule has 0 fully saturated rings. The number of fused-ring (bicyclic) bond motifs is 1. The molecule has 2 aromatic carbocycles. The van der Waals surface area contributed by atoms with Gasteiger partial charge in [0.15, 0.2) is 0 Å². The van der Waals surface area contributed by atoms with Crippen LogP contribution in [-0.2, 0) is 12.1 Å². The average molecular weight is 354 g/mol. The fourth-order valence-corrected chi connectivity index (χ4v) is 3.00. The van der Waals surface area contributed by atoms with E-state index in [0.717, 1.165) is 41.9 Å². The van der Waals surface area contributed by atoms with Gasteiger partial charge in [0.05, 0.1) is 24.8 Å². The smallest absolute Gasteiger partial charge is 0.141 e. The van der Waals surface area contributed by atoms with Gasteiger partial charge in [-0.05, 0) is 63.1 Å². The summed E-state index contributed by atoms with van der Waals surface area (Å²) < 4.78 is 13.0. The van der Waals surface area contributed by atoms with Gasteiger partial charge < -0.3 is 19.1 Å². The van der Waals surface area contributed by atoms with E-state index in [-0.39, 0.29) is 0 Å². The predicted octanol–water partition coefficient (Wildman–Crippen LogP) is 4.13. The number of methoxy groups -OCH3 is 1. The van der Waals surface area contributed by atoms with Gasteiger partial charge in [0.25, 0.3) is 0 Å². The summed E-state index contributed by atoms with van der Waals surface area (Å²) in [5.41, 5.74) is 0.998. The van der Waals surface area contributed by atoms with E-state index in [1.165, 1.54) is 0 Å². The monoisotopic (exact) mass is 354 g/mol. The lowest BCUT2D eigenvalue weighted by molar-refractivity contribution is 0.0650. The lowest BCUT2D eigenvalue weighted by atomic mass is 10.1. The second-order valence-corrected chi connectivity index (χ2v) is 6.87. The highest BCUT2D eigenvalue weighted by Crippen LogP contribution is 2.25. The number of aliphatic hydroxyl groups is 1. The molecule has 1 heterocycles. The molecule has 0 aliphatic heterocycles. The van der Waals surface area contributed by atoms with Gasteiger partial charge in [0.2, 0.25) is 0 Å². The maximum Gasteiger partial charge on any atom is 0.141 e. The van der Waals surface area contributed by atoms with Crippen molar-refractivity contribution in [2.45, 2.75) is 38.8 Å². The van der Waals surface area contributed by atoms with Crippen LogP contribution in [0.4, 0.5) is 0 Å². The molecular weight excluding hydrogens is 328 g/mol. The largest absolute Gasteiger partial charge is 0.497 e. The summed E-state index contributed by atoms with van der Waals surface area (Å²) in [4.78, 5) is 4.62. The Morgan fingerprint density at radius 3 is 2.38 bits per heavy atom. The summed E-state index contributed by atoms with van der Waals surface area (Å²) in [6.07, 6.45) is 1.86. The highest BCUT2D eigenvalue weighted by atomic mass is 16.5. The van der Waals surface area contributed by atoms with Crippen molar-refractivity contribution in [3.05, 3.63) is 54.4 Å². The second-order valence-electron chi connectivity index (χ2n) is 6.87. The molecule has 1 aromatic heterocycles. The topological polar surface area (TPSA) is 56.5 Å². The molecule has 0 radical (unpaired) electrons. The normalized spacial score (nSPS) is 11.7. The summed E-state index contributed by atoms with van der Waals surface area (Å²) >= 11 is 0. The number of hydrogen-bond donors (Lipinski definition) is 1. The summed E-state index contributed by atoms with van der Waals surface area (Å²) in [5.74, 6) is 2.37. The Morgan fingerprint density at radius 1 is 1.00 bits per heavy atom. The van der Waals surface area contributed by atoms with Crippen molar-refractivity contribution in [3.8, 4) is 11.5 Å². The third-order valence-corrected chi connectivity index (χ3v) is 4.31. The van der Waals surface area contributed by atoms with E-state index in [0.29, 0.717) is 12.4 Å². The molecule has 5 heteroatoms. The van der Waals surface area contributed by atoms with E-state index < -0.39 is 5.60 Å². The molecule has 0 bridgehead atoms. The Balaban J connectivity index is 1.59. The maximum absolute atomic E-state index is 10.4. The SMILES string of the molecule is COc1ccc(OCCCCn2c(C(C)(C)O)nc3ccccc32)cc1. The molecule has 5 nitrogen and oxygen atoms in total. The molecule has 0 saturated heterocycles. The zero-order chi connectivity index (χ0) is 18.6. The van der Waals surface area contributed by atoms with Crippen molar-refractivity contribution in [2.75, 3.05) is 13.7 Å². The molecule has 0 saturated carbocycles. The lowest BCUT2D eigenvalue weighted by Gasteiger charge is -2.19. The Morgan fingerprint density at radius 2 is 1.69 bits per heavy atom. The number of aryl methyl sites for hydroxylation is 1. The first-order valence-electron chi connectivity index (χ1n) is 8.94. The van der Waals surface area contributed by atoms with Crippen molar-refractivity contribution in [3.63, 3.8) is 0 Å². The van der Waals surface area contributed by atoms with Gasteiger partial charge >= 0.3 is 0 Å². The maximum atomic E-state index is 10.4. The number of nitrogens with zero attached hydrogens (tertiary/aromatic N) is 2. The standard InChI is InChI=1S/C21H26N2O3/c1-21(2,24)20-22-18-8-4-5-9-19(18)23(20)14-6-7-15-26-17-12-10-16(25-3)11-13-17/h4-5,8-13,24H,6-7,14-15H2,1-3H3. The van der Waals surface area contributed by atoms with Gasteiger partial charge in [0.1, 0.15) is 22.9 Å². The summed E-state index contributed by atoms with van der Waals surface area (Å²) in [6.45, 7) is 5.00. The molecule has 0 amide bonds. The molecule has 3 aromatic rings. The number of unbranched alkanes of at least 4 members (excludes halogenated alkanes) is 1. The minimum absolute atomic E-state index is 0.650. The molecule has 0 aliphatic carbocycles. The lowest BCUT2D eigenvalue weighted by Crippen LogP contribution is -2.22. The van der Waals surface area contributed by atoms with E-state index in [9.17, 15) is 5.11 Å². The van der Waals surface area contributed by atoms with E-state index in [1.54, 1.807) is 21.0 Å². The van der Waals surface area contributed by atoms with Crippen LogP contribution in [0, 0.1) is 0 Å². The van der Waals surface area contributed by atoms with Crippen LogP contribution in [0.25, 0.3) is 11.0 Å². The number of benzene rings is 2. The van der Waals surface area contributed by atoms with Crippen molar-refractivity contribution >= 4 is 11.0 Å². The van der Waals surface area contributed by atoms with E-state index in [2.05, 4.69) is 9.55 Å². The van der Waals surface area contributed by atoms with Crippen LogP contribution in [0.3, 0.4) is 0 Å². The van der Waals surface area contributed by atoms with Gasteiger partial charge in [-0.25, -0.2) is 4.98 Å². The van der Waals surface area contributed by atoms with Crippen molar-refractivity contribution in [2.24, 2.45) is 0 Å². The van der Waals surface area contributed by atoms with Crippen LogP contribution >= 0.6 is 0 Å². The number of hydrogen-bond acceptors (Lipinski definition) is 4. The number of ether oxygens (including phenoxy) is 2. The fourth-order valence-electron chi connectivity index (χ4n) is 3.00. The van der Waals surface area contributed by atoms with Crippen LogP contribution in [0.2, 0.25) is 0 Å². The van der Waals surface area contributed by atoms with Crippen molar-refractivity contribution < 1.29 is 14.6 Å². The number of rotatable bonds is 8. The Hall–Kier alpha value is -2.53. The molecule has 138 valence electrons. The van der Waals surface area contributed by atoms with Gasteiger partial charge in [-0.2, -0.15) is 0 Å². The Kier molecular flexibility index (Phi) is 5.47. The van der Waals surface area contributed by atoms with Crippen LogP contribution in [-0.4, -0.2) is 28.4 Å². The number of aromatic nitrogens is 2. The summed E-state index contributed by atoms with van der Waals surface area (Å²) in [5, 5.41) is 10.4. The molecule has 26 heavy (non-hydrogen) atoms. The number of imidazole rings is 1.